The Labute approximate surface area is 90.2 Å². The van der Waals surface area contributed by atoms with E-state index in [2.05, 4.69) is 6.58 Å². The molecule has 0 N–H and O–H groups in total. The first-order valence-electron chi connectivity index (χ1n) is 4.89. The maximum atomic E-state index is 10.9. The molecule has 0 heterocycles. The Morgan fingerprint density at radius 3 is 2.40 bits per heavy atom. The van der Waals surface area contributed by atoms with Crippen molar-refractivity contribution in [2.24, 2.45) is 0 Å². The molecule has 0 spiro atoms. The van der Waals surface area contributed by atoms with Crippen LogP contribution in [-0.4, -0.2) is 31.6 Å². The first-order chi connectivity index (χ1) is 7.02. The zero-order valence-corrected chi connectivity index (χ0v) is 9.38. The topological polar surface area (TPSA) is 52.6 Å². The van der Waals surface area contributed by atoms with E-state index in [1.165, 1.54) is 6.92 Å². The van der Waals surface area contributed by atoms with Crippen molar-refractivity contribution in [1.82, 2.24) is 0 Å². The predicted molar refractivity (Wildman–Crippen MR) is 56.5 cm³/mol. The molecule has 4 heteroatoms. The summed E-state index contributed by atoms with van der Waals surface area (Å²) >= 11 is 0. The van der Waals surface area contributed by atoms with Gasteiger partial charge in [0.1, 0.15) is 12.2 Å². The summed E-state index contributed by atoms with van der Waals surface area (Å²) in [5, 5.41) is 0. The number of hydrogen-bond donors (Lipinski definition) is 0. The minimum absolute atomic E-state index is 0.146. The molecule has 0 amide bonds. The summed E-state index contributed by atoms with van der Waals surface area (Å²) in [5.74, 6) is -0.652. The Morgan fingerprint density at radius 2 is 1.87 bits per heavy atom. The van der Waals surface area contributed by atoms with Gasteiger partial charge in [-0.05, 0) is 13.8 Å². The lowest BCUT2D eigenvalue weighted by Crippen LogP contribution is -2.11. The molecule has 0 fully saturated rings. The molecular formula is C11H18O4. The lowest BCUT2D eigenvalue weighted by atomic mass is 10.3. The lowest BCUT2D eigenvalue weighted by Gasteiger charge is -2.04. The van der Waals surface area contributed by atoms with E-state index in [9.17, 15) is 9.59 Å². The summed E-state index contributed by atoms with van der Waals surface area (Å²) < 4.78 is 10.00. The third-order valence-electron chi connectivity index (χ3n) is 1.44. The van der Waals surface area contributed by atoms with E-state index in [0.717, 1.165) is 5.57 Å². The smallest absolute Gasteiger partial charge is 0.313 e. The summed E-state index contributed by atoms with van der Waals surface area (Å²) in [6, 6.07) is 0. The van der Waals surface area contributed by atoms with Crippen LogP contribution in [0.5, 0.6) is 0 Å². The van der Waals surface area contributed by atoms with E-state index < -0.39 is 5.97 Å². The van der Waals surface area contributed by atoms with Crippen molar-refractivity contribution >= 4 is 11.8 Å². The van der Waals surface area contributed by atoms with E-state index in [-0.39, 0.29) is 12.2 Å². The monoisotopic (exact) mass is 214 g/mol. The van der Waals surface area contributed by atoms with Crippen LogP contribution in [0.15, 0.2) is 12.2 Å². The Morgan fingerprint density at radius 1 is 1.20 bits per heavy atom. The highest BCUT2D eigenvalue weighted by Gasteiger charge is 2.05. The second kappa shape index (κ2) is 8.17. The van der Waals surface area contributed by atoms with Gasteiger partial charge in [-0.25, -0.2) is 0 Å². The first kappa shape index (κ1) is 13.8. The van der Waals surface area contributed by atoms with Crippen molar-refractivity contribution in [2.75, 3.05) is 19.8 Å². The molecule has 0 saturated heterocycles. The molecule has 0 radical (unpaired) electrons. The van der Waals surface area contributed by atoms with Gasteiger partial charge in [-0.15, -0.1) is 0 Å². The van der Waals surface area contributed by atoms with Crippen LogP contribution in [0.25, 0.3) is 0 Å². The molecule has 0 aromatic heterocycles. The number of Topliss-reactive ketones (excluding diaryl/α,β-unsaturated/α-hetero) is 1. The van der Waals surface area contributed by atoms with E-state index in [4.69, 9.17) is 9.47 Å². The molecule has 4 nitrogen and oxygen atoms in total. The molecule has 0 aliphatic heterocycles. The summed E-state index contributed by atoms with van der Waals surface area (Å²) in [6.07, 6.45) is 0.490. The van der Waals surface area contributed by atoms with Crippen LogP contribution < -0.4 is 0 Å². The van der Waals surface area contributed by atoms with E-state index in [1.807, 2.05) is 6.92 Å². The van der Waals surface area contributed by atoms with Crippen LogP contribution in [0.1, 0.15) is 26.7 Å². The second-order valence-corrected chi connectivity index (χ2v) is 3.46. The van der Waals surface area contributed by atoms with Crippen LogP contribution in [0.3, 0.4) is 0 Å². The summed E-state index contributed by atoms with van der Waals surface area (Å²) in [7, 11) is 0. The van der Waals surface area contributed by atoms with Gasteiger partial charge in [0.05, 0.1) is 19.8 Å². The van der Waals surface area contributed by atoms with Gasteiger partial charge in [0, 0.05) is 6.42 Å². The van der Waals surface area contributed by atoms with Gasteiger partial charge in [0.15, 0.2) is 0 Å². The van der Waals surface area contributed by atoms with Crippen molar-refractivity contribution in [3.8, 4) is 0 Å². The van der Waals surface area contributed by atoms with Gasteiger partial charge < -0.3 is 9.47 Å². The summed E-state index contributed by atoms with van der Waals surface area (Å²) in [6.45, 7) is 8.28. The van der Waals surface area contributed by atoms with Gasteiger partial charge in [0.25, 0.3) is 0 Å². The molecule has 0 aliphatic rings. The van der Waals surface area contributed by atoms with Crippen molar-refractivity contribution < 1.29 is 19.1 Å². The molecule has 0 aromatic rings. The van der Waals surface area contributed by atoms with Crippen LogP contribution >= 0.6 is 0 Å². The average Bonchev–Trinajstić information content (AvgIpc) is 2.09. The minimum atomic E-state index is -0.470. The SMILES string of the molecule is C=C(C)COCCCOC(=O)CC(C)=O. The largest absolute Gasteiger partial charge is 0.465 e. The Hall–Kier alpha value is -1.16. The Kier molecular flexibility index (Phi) is 7.54. The molecule has 15 heavy (non-hydrogen) atoms. The highest BCUT2D eigenvalue weighted by Crippen LogP contribution is 1.93. The molecule has 0 aromatic carbocycles. The fourth-order valence-electron chi connectivity index (χ4n) is 0.848. The maximum absolute atomic E-state index is 10.9. The van der Waals surface area contributed by atoms with Crippen LogP contribution in [0.4, 0.5) is 0 Å². The predicted octanol–water partition coefficient (Wildman–Crippen LogP) is 1.49. The molecule has 0 atom stereocenters. The highest BCUT2D eigenvalue weighted by molar-refractivity contribution is 5.94. The van der Waals surface area contributed by atoms with Gasteiger partial charge in [-0.3, -0.25) is 9.59 Å². The molecule has 0 unspecified atom stereocenters. The van der Waals surface area contributed by atoms with E-state index >= 15 is 0 Å². The Bertz CT molecular complexity index is 233. The number of esters is 1. The highest BCUT2D eigenvalue weighted by atomic mass is 16.5. The van der Waals surface area contributed by atoms with Crippen molar-refractivity contribution in [2.45, 2.75) is 26.7 Å². The molecule has 0 aliphatic carbocycles. The zero-order valence-electron chi connectivity index (χ0n) is 9.38. The molecule has 0 rings (SSSR count). The fourth-order valence-corrected chi connectivity index (χ4v) is 0.848. The number of hydrogen-bond acceptors (Lipinski definition) is 4. The maximum Gasteiger partial charge on any atom is 0.313 e. The third-order valence-corrected chi connectivity index (χ3v) is 1.44. The zero-order chi connectivity index (χ0) is 11.7. The Balaban J connectivity index is 3.27. The quantitative estimate of drug-likeness (QED) is 0.266. The van der Waals surface area contributed by atoms with Crippen molar-refractivity contribution in [1.29, 1.82) is 0 Å². The number of rotatable bonds is 8. The minimum Gasteiger partial charge on any atom is -0.465 e. The van der Waals surface area contributed by atoms with Crippen LogP contribution in [0.2, 0.25) is 0 Å². The molecule has 0 saturated carbocycles. The summed E-state index contributed by atoms with van der Waals surface area (Å²) in [5.41, 5.74) is 0.962. The van der Waals surface area contributed by atoms with Gasteiger partial charge in [0.2, 0.25) is 0 Å². The summed E-state index contributed by atoms with van der Waals surface area (Å²) in [4.78, 5) is 21.4. The standard InChI is InChI=1S/C11H18O4/c1-9(2)8-14-5-4-6-15-11(13)7-10(3)12/h1,4-8H2,2-3H3. The molecular weight excluding hydrogens is 196 g/mol. The third kappa shape index (κ3) is 10.8. The van der Waals surface area contributed by atoms with Crippen molar-refractivity contribution in [3.05, 3.63) is 12.2 Å². The van der Waals surface area contributed by atoms with Gasteiger partial charge in [-0.1, -0.05) is 12.2 Å². The van der Waals surface area contributed by atoms with Gasteiger partial charge in [-0.2, -0.15) is 0 Å². The number of ketones is 1. The molecule has 86 valence electrons. The average molecular weight is 214 g/mol. The van der Waals surface area contributed by atoms with E-state index in [1.54, 1.807) is 0 Å². The van der Waals surface area contributed by atoms with Crippen molar-refractivity contribution in [3.63, 3.8) is 0 Å². The van der Waals surface area contributed by atoms with Crippen LogP contribution in [0, 0.1) is 0 Å². The first-order valence-corrected chi connectivity index (χ1v) is 4.89. The number of ether oxygens (including phenoxy) is 2. The normalized spacial score (nSPS) is 9.73. The second-order valence-electron chi connectivity index (χ2n) is 3.46. The van der Waals surface area contributed by atoms with Crippen LogP contribution in [-0.2, 0) is 19.1 Å². The number of carbonyl (C=O) groups excluding carboxylic acids is 2. The van der Waals surface area contributed by atoms with Gasteiger partial charge >= 0.3 is 5.97 Å². The van der Waals surface area contributed by atoms with E-state index in [0.29, 0.717) is 26.2 Å². The lowest BCUT2D eigenvalue weighted by molar-refractivity contribution is -0.146. The fraction of sp³-hybridized carbons (Fsp3) is 0.636. The number of carbonyl (C=O) groups is 2. The molecule has 0 bridgehead atoms.